The maximum absolute atomic E-state index is 12.9. The molecule has 6 heteroatoms. The van der Waals surface area contributed by atoms with E-state index in [1.807, 2.05) is 0 Å². The van der Waals surface area contributed by atoms with Crippen LogP contribution in [0.25, 0.3) is 0 Å². The van der Waals surface area contributed by atoms with Gasteiger partial charge in [0.25, 0.3) is 0 Å². The van der Waals surface area contributed by atoms with Crippen LogP contribution in [0.1, 0.15) is 323 Å². The quantitative estimate of drug-likeness (QED) is 0.0199. The fraction of sp³-hybridized carbons (Fsp3) is 0.828. The average Bonchev–Trinajstić information content (AvgIpc) is 3.36. The highest BCUT2D eigenvalue weighted by Gasteiger charge is 2.19. The molecule has 0 rings (SSSR count). The Morgan fingerprint density at radius 1 is 0.286 bits per heavy atom. The van der Waals surface area contributed by atoms with Gasteiger partial charge in [-0.2, -0.15) is 0 Å². The first-order valence-corrected chi connectivity index (χ1v) is 30.7. The third kappa shape index (κ3) is 56.3. The lowest BCUT2D eigenvalue weighted by Crippen LogP contribution is -2.30. The van der Waals surface area contributed by atoms with Gasteiger partial charge < -0.3 is 14.2 Å². The molecule has 0 aromatic heterocycles. The molecule has 0 amide bonds. The van der Waals surface area contributed by atoms with Crippen molar-refractivity contribution in [3.05, 3.63) is 48.6 Å². The summed E-state index contributed by atoms with van der Waals surface area (Å²) in [6, 6.07) is 0. The molecule has 0 aliphatic heterocycles. The van der Waals surface area contributed by atoms with Crippen LogP contribution in [-0.2, 0) is 28.6 Å². The van der Waals surface area contributed by atoms with E-state index in [0.717, 1.165) is 89.9 Å². The Bertz CT molecular complexity index is 1220. The summed E-state index contributed by atoms with van der Waals surface area (Å²) < 4.78 is 16.9. The molecule has 70 heavy (non-hydrogen) atoms. The molecule has 0 aromatic carbocycles. The zero-order valence-electron chi connectivity index (χ0n) is 46.8. The Hall–Kier alpha value is -2.63. The predicted molar refractivity (Wildman–Crippen MR) is 302 cm³/mol. The second-order valence-corrected chi connectivity index (χ2v) is 20.7. The van der Waals surface area contributed by atoms with E-state index in [1.54, 1.807) is 0 Å². The minimum absolute atomic E-state index is 0.0799. The molecule has 0 aromatic rings. The van der Waals surface area contributed by atoms with Gasteiger partial charge in [0.1, 0.15) is 13.2 Å². The van der Waals surface area contributed by atoms with E-state index in [1.165, 1.54) is 193 Å². The van der Waals surface area contributed by atoms with Gasteiger partial charge in [0.15, 0.2) is 6.10 Å². The summed E-state index contributed by atoms with van der Waals surface area (Å²) in [7, 11) is 0. The fourth-order valence-corrected chi connectivity index (χ4v) is 8.97. The van der Waals surface area contributed by atoms with Gasteiger partial charge in [0.05, 0.1) is 0 Å². The van der Waals surface area contributed by atoms with Crippen LogP contribution < -0.4 is 0 Å². The van der Waals surface area contributed by atoms with Gasteiger partial charge in [0, 0.05) is 19.3 Å². The number of carbonyl (C=O) groups is 3. The molecule has 0 aliphatic rings. The molecule has 0 saturated carbocycles. The predicted octanol–water partition coefficient (Wildman–Crippen LogP) is 20.6. The summed E-state index contributed by atoms with van der Waals surface area (Å²) in [5.74, 6) is -0.890. The van der Waals surface area contributed by atoms with Crippen LogP contribution >= 0.6 is 0 Å². The monoisotopic (exact) mass is 981 g/mol. The van der Waals surface area contributed by atoms with Crippen molar-refractivity contribution in [2.75, 3.05) is 13.2 Å². The molecule has 408 valence electrons. The second kappa shape index (κ2) is 58.9. The van der Waals surface area contributed by atoms with Crippen LogP contribution in [0.5, 0.6) is 0 Å². The highest BCUT2D eigenvalue weighted by atomic mass is 16.6. The Morgan fingerprint density at radius 3 is 0.829 bits per heavy atom. The molecule has 6 nitrogen and oxygen atoms in total. The summed E-state index contributed by atoms with van der Waals surface area (Å²) >= 11 is 0. The Balaban J connectivity index is 4.40. The minimum atomic E-state index is -0.784. The first kappa shape index (κ1) is 67.4. The molecule has 1 atom stereocenters. The van der Waals surface area contributed by atoms with Crippen LogP contribution in [0.4, 0.5) is 0 Å². The molecular weight excluding hydrogens is 865 g/mol. The molecule has 0 N–H and O–H groups in total. The smallest absolute Gasteiger partial charge is 0.306 e. The molecule has 0 spiro atoms. The Morgan fingerprint density at radius 2 is 0.529 bits per heavy atom. The molecule has 1 unspecified atom stereocenters. The number of esters is 3. The maximum atomic E-state index is 12.9. The van der Waals surface area contributed by atoms with E-state index >= 15 is 0 Å². The minimum Gasteiger partial charge on any atom is -0.462 e. The largest absolute Gasteiger partial charge is 0.462 e. The molecule has 0 radical (unpaired) electrons. The van der Waals surface area contributed by atoms with Gasteiger partial charge >= 0.3 is 17.9 Å². The van der Waals surface area contributed by atoms with Gasteiger partial charge in [-0.1, -0.05) is 281 Å². The molecule has 0 heterocycles. The van der Waals surface area contributed by atoms with Crippen molar-refractivity contribution in [1.29, 1.82) is 0 Å². The van der Waals surface area contributed by atoms with Crippen molar-refractivity contribution in [3.63, 3.8) is 0 Å². The Kier molecular flexibility index (Phi) is 56.7. The fourth-order valence-electron chi connectivity index (χ4n) is 8.97. The van der Waals surface area contributed by atoms with E-state index < -0.39 is 6.10 Å². The van der Waals surface area contributed by atoms with Crippen molar-refractivity contribution in [3.8, 4) is 0 Å². The summed E-state index contributed by atoms with van der Waals surface area (Å²) in [5.41, 5.74) is 0. The molecule has 0 fully saturated rings. The number of hydrogen-bond donors (Lipinski definition) is 0. The SMILES string of the molecule is CCCCCCC\C=C/C=C\C=C/CCCCCCCC(=O)OCC(COC(=O)CCCCCCCCCCCCCCCCCC)OC(=O)CCCCCCC/C=C\CCCCCCCCCCC. The van der Waals surface area contributed by atoms with Gasteiger partial charge in [-0.25, -0.2) is 0 Å². The zero-order valence-corrected chi connectivity index (χ0v) is 46.8. The first-order valence-electron chi connectivity index (χ1n) is 30.7. The van der Waals surface area contributed by atoms with Crippen LogP contribution in [0.2, 0.25) is 0 Å². The van der Waals surface area contributed by atoms with E-state index in [2.05, 4.69) is 69.4 Å². The third-order valence-corrected chi connectivity index (χ3v) is 13.6. The van der Waals surface area contributed by atoms with E-state index in [0.29, 0.717) is 19.3 Å². The molecule has 0 bridgehead atoms. The number of rotatable bonds is 56. The zero-order chi connectivity index (χ0) is 50.7. The first-order chi connectivity index (χ1) is 34.5. The van der Waals surface area contributed by atoms with Crippen LogP contribution in [0.3, 0.4) is 0 Å². The topological polar surface area (TPSA) is 78.9 Å². The second-order valence-electron chi connectivity index (χ2n) is 20.7. The van der Waals surface area contributed by atoms with E-state index in [-0.39, 0.29) is 31.1 Å². The summed E-state index contributed by atoms with van der Waals surface area (Å²) in [6.07, 6.45) is 72.4. The lowest BCUT2D eigenvalue weighted by molar-refractivity contribution is -0.167. The summed E-state index contributed by atoms with van der Waals surface area (Å²) in [5, 5.41) is 0. The van der Waals surface area contributed by atoms with Crippen LogP contribution in [0, 0.1) is 0 Å². The van der Waals surface area contributed by atoms with Crippen LogP contribution in [-0.4, -0.2) is 37.2 Å². The van der Waals surface area contributed by atoms with Crippen LogP contribution in [0.15, 0.2) is 48.6 Å². The van der Waals surface area contributed by atoms with Gasteiger partial charge in [-0.3, -0.25) is 14.4 Å². The van der Waals surface area contributed by atoms with Gasteiger partial charge in [-0.05, 0) is 70.6 Å². The normalized spacial score (nSPS) is 12.3. The van der Waals surface area contributed by atoms with Gasteiger partial charge in [0.2, 0.25) is 0 Å². The summed E-state index contributed by atoms with van der Waals surface area (Å²) in [6.45, 7) is 6.65. The Labute approximate surface area is 435 Å². The maximum Gasteiger partial charge on any atom is 0.306 e. The molecule has 0 saturated heterocycles. The molecular formula is C64H116O6. The average molecular weight is 982 g/mol. The third-order valence-electron chi connectivity index (χ3n) is 13.6. The highest BCUT2D eigenvalue weighted by Crippen LogP contribution is 2.16. The van der Waals surface area contributed by atoms with E-state index in [4.69, 9.17) is 14.2 Å². The lowest BCUT2D eigenvalue weighted by atomic mass is 10.0. The van der Waals surface area contributed by atoms with Gasteiger partial charge in [-0.15, -0.1) is 0 Å². The highest BCUT2D eigenvalue weighted by molar-refractivity contribution is 5.71. The number of unbranched alkanes of at least 4 members (excludes halogenated alkanes) is 39. The number of carbonyl (C=O) groups excluding carboxylic acids is 3. The molecule has 0 aliphatic carbocycles. The van der Waals surface area contributed by atoms with Crippen molar-refractivity contribution >= 4 is 17.9 Å². The number of hydrogen-bond acceptors (Lipinski definition) is 6. The number of allylic oxidation sites excluding steroid dienone is 8. The number of ether oxygens (including phenoxy) is 3. The van der Waals surface area contributed by atoms with Crippen molar-refractivity contribution < 1.29 is 28.6 Å². The van der Waals surface area contributed by atoms with Crippen molar-refractivity contribution in [2.45, 2.75) is 329 Å². The standard InChI is InChI=1S/C64H116O6/c1-4-7-10-13-16-19-22-25-28-31-33-36-39-42-45-48-51-54-57-63(66)69-60-61(59-68-62(65)56-53-50-47-44-41-38-35-30-27-24-21-18-15-12-9-6-3)70-64(67)58-55-52-49-46-43-40-37-34-32-29-26-23-20-17-14-11-8-5-2/h22,25,28,31,33-34,36-37,61H,4-21,23-24,26-27,29-30,32,35,38-60H2,1-3H3/b25-22-,31-28-,36-33-,37-34-. The van der Waals surface area contributed by atoms with Crippen molar-refractivity contribution in [2.24, 2.45) is 0 Å². The van der Waals surface area contributed by atoms with E-state index in [9.17, 15) is 14.4 Å². The van der Waals surface area contributed by atoms with Crippen molar-refractivity contribution in [1.82, 2.24) is 0 Å². The lowest BCUT2D eigenvalue weighted by Gasteiger charge is -2.18. The summed E-state index contributed by atoms with van der Waals surface area (Å²) in [4.78, 5) is 38.2.